The van der Waals surface area contributed by atoms with Crippen molar-refractivity contribution < 1.29 is 19.1 Å². The van der Waals surface area contributed by atoms with Crippen molar-refractivity contribution in [3.63, 3.8) is 0 Å². The molecule has 1 N–H and O–H groups in total. The minimum absolute atomic E-state index is 0.151. The molecule has 0 spiro atoms. The van der Waals surface area contributed by atoms with Crippen LogP contribution in [0.25, 0.3) is 0 Å². The van der Waals surface area contributed by atoms with E-state index in [0.717, 1.165) is 30.8 Å². The number of nitrogens with zero attached hydrogens (tertiary/aromatic N) is 2. The smallest absolute Gasteiger partial charge is 0.255 e. The Balaban J connectivity index is 1.40. The average molecular weight is 414 g/mol. The topological polar surface area (TPSA) is 79.0 Å². The SMILES string of the molecule is CC(C)CN1CCCCC1COc1ccc2c(c1)CN(C1CCC(=O)NC1=O)C2=O. The number of carbonyl (C=O) groups is 3. The van der Waals surface area contributed by atoms with Crippen LogP contribution >= 0.6 is 0 Å². The van der Waals surface area contributed by atoms with Crippen LogP contribution in [0.2, 0.25) is 0 Å². The van der Waals surface area contributed by atoms with Crippen LogP contribution in [0.5, 0.6) is 5.75 Å². The number of hydrogen-bond donors (Lipinski definition) is 1. The van der Waals surface area contributed by atoms with Gasteiger partial charge < -0.3 is 9.64 Å². The van der Waals surface area contributed by atoms with E-state index in [-0.39, 0.29) is 24.1 Å². The van der Waals surface area contributed by atoms with Gasteiger partial charge in [-0.05, 0) is 55.5 Å². The third-order valence-electron chi connectivity index (χ3n) is 6.29. The Hall–Kier alpha value is -2.41. The molecule has 0 saturated carbocycles. The van der Waals surface area contributed by atoms with E-state index in [1.807, 2.05) is 12.1 Å². The summed E-state index contributed by atoms with van der Waals surface area (Å²) in [6.45, 7) is 7.74. The van der Waals surface area contributed by atoms with Crippen molar-refractivity contribution in [1.82, 2.24) is 15.1 Å². The summed E-state index contributed by atoms with van der Waals surface area (Å²) in [5.41, 5.74) is 1.50. The lowest BCUT2D eigenvalue weighted by molar-refractivity contribution is -0.136. The van der Waals surface area contributed by atoms with Gasteiger partial charge in [0, 0.05) is 31.1 Å². The largest absolute Gasteiger partial charge is 0.492 e. The first-order chi connectivity index (χ1) is 14.4. The van der Waals surface area contributed by atoms with Gasteiger partial charge >= 0.3 is 0 Å². The van der Waals surface area contributed by atoms with Crippen LogP contribution in [-0.4, -0.2) is 59.3 Å². The molecule has 0 radical (unpaired) electrons. The normalized spacial score (nSPS) is 24.9. The summed E-state index contributed by atoms with van der Waals surface area (Å²) >= 11 is 0. The fourth-order valence-corrected chi connectivity index (χ4v) is 4.79. The zero-order valence-corrected chi connectivity index (χ0v) is 17.9. The van der Waals surface area contributed by atoms with E-state index in [1.54, 1.807) is 11.0 Å². The molecule has 3 aliphatic rings. The predicted molar refractivity (Wildman–Crippen MR) is 112 cm³/mol. The zero-order valence-electron chi connectivity index (χ0n) is 17.9. The highest BCUT2D eigenvalue weighted by Crippen LogP contribution is 2.30. The molecule has 1 aromatic rings. The van der Waals surface area contributed by atoms with Crippen LogP contribution in [0.4, 0.5) is 0 Å². The van der Waals surface area contributed by atoms with Crippen molar-refractivity contribution in [2.24, 2.45) is 5.92 Å². The van der Waals surface area contributed by atoms with Gasteiger partial charge in [-0.1, -0.05) is 20.3 Å². The summed E-state index contributed by atoms with van der Waals surface area (Å²) in [5, 5.41) is 2.34. The molecule has 3 amide bonds. The average Bonchev–Trinajstić information content (AvgIpc) is 3.03. The number of fused-ring (bicyclic) bond motifs is 1. The number of hydrogen-bond acceptors (Lipinski definition) is 5. The van der Waals surface area contributed by atoms with Gasteiger partial charge in [-0.15, -0.1) is 0 Å². The van der Waals surface area contributed by atoms with Crippen molar-refractivity contribution in [3.05, 3.63) is 29.3 Å². The number of piperidine rings is 2. The molecule has 0 bridgehead atoms. The minimum atomic E-state index is -0.584. The fraction of sp³-hybridized carbons (Fsp3) is 0.609. The van der Waals surface area contributed by atoms with Crippen LogP contribution in [0.15, 0.2) is 18.2 Å². The Morgan fingerprint density at radius 3 is 2.77 bits per heavy atom. The molecule has 7 nitrogen and oxygen atoms in total. The molecule has 3 aliphatic heterocycles. The maximum absolute atomic E-state index is 12.8. The van der Waals surface area contributed by atoms with Gasteiger partial charge in [-0.2, -0.15) is 0 Å². The highest BCUT2D eigenvalue weighted by molar-refractivity contribution is 6.05. The number of benzene rings is 1. The molecule has 2 unspecified atom stereocenters. The van der Waals surface area contributed by atoms with Gasteiger partial charge in [0.25, 0.3) is 5.91 Å². The number of amides is 3. The molecule has 1 aromatic carbocycles. The Kier molecular flexibility index (Phi) is 6.09. The molecule has 4 rings (SSSR count). The number of rotatable bonds is 6. The van der Waals surface area contributed by atoms with Crippen LogP contribution in [0, 0.1) is 5.92 Å². The lowest BCUT2D eigenvalue weighted by atomic mass is 10.0. The fourth-order valence-electron chi connectivity index (χ4n) is 4.79. The number of ether oxygens (including phenoxy) is 1. The van der Waals surface area contributed by atoms with E-state index in [1.165, 1.54) is 12.8 Å². The summed E-state index contributed by atoms with van der Waals surface area (Å²) in [4.78, 5) is 40.5. The predicted octanol–water partition coefficient (Wildman–Crippen LogP) is 2.34. The zero-order chi connectivity index (χ0) is 21.3. The maximum atomic E-state index is 12.8. The van der Waals surface area contributed by atoms with Crippen molar-refractivity contribution in [3.8, 4) is 5.75 Å². The Morgan fingerprint density at radius 1 is 1.17 bits per heavy atom. The second kappa shape index (κ2) is 8.76. The summed E-state index contributed by atoms with van der Waals surface area (Å²) in [7, 11) is 0. The summed E-state index contributed by atoms with van der Waals surface area (Å²) in [5.74, 6) is 0.592. The lowest BCUT2D eigenvalue weighted by Crippen LogP contribution is -2.52. The second-order valence-corrected chi connectivity index (χ2v) is 9.07. The standard InChI is InChI=1S/C23H31N3O4/c1-15(2)12-25-10-4-3-5-17(25)14-30-18-6-7-19-16(11-18)13-26(23(19)29)20-8-9-21(27)24-22(20)28/h6-7,11,15,17,20H,3-5,8-10,12-14H2,1-2H3,(H,24,27,28). The summed E-state index contributed by atoms with van der Waals surface area (Å²) < 4.78 is 6.14. The highest BCUT2D eigenvalue weighted by Gasteiger charge is 2.39. The van der Waals surface area contributed by atoms with Crippen molar-refractivity contribution in [2.45, 2.75) is 64.6 Å². The van der Waals surface area contributed by atoms with Crippen molar-refractivity contribution >= 4 is 17.7 Å². The van der Waals surface area contributed by atoms with E-state index in [4.69, 9.17) is 4.74 Å². The highest BCUT2D eigenvalue weighted by atomic mass is 16.5. The molecule has 0 aromatic heterocycles. The molecule has 2 fully saturated rings. The van der Waals surface area contributed by atoms with E-state index < -0.39 is 6.04 Å². The molecule has 0 aliphatic carbocycles. The maximum Gasteiger partial charge on any atom is 0.255 e. The molecular weight excluding hydrogens is 382 g/mol. The van der Waals surface area contributed by atoms with E-state index >= 15 is 0 Å². The summed E-state index contributed by atoms with van der Waals surface area (Å²) in [6.07, 6.45) is 4.28. The molecule has 30 heavy (non-hydrogen) atoms. The Bertz CT molecular complexity index is 838. The van der Waals surface area contributed by atoms with Gasteiger partial charge in [0.05, 0.1) is 0 Å². The van der Waals surface area contributed by atoms with Crippen LogP contribution in [0.3, 0.4) is 0 Å². The van der Waals surface area contributed by atoms with E-state index in [2.05, 4.69) is 24.1 Å². The monoisotopic (exact) mass is 413 g/mol. The Labute approximate surface area is 177 Å². The first-order valence-corrected chi connectivity index (χ1v) is 11.1. The third kappa shape index (κ3) is 4.36. The molecular formula is C23H31N3O4. The number of likely N-dealkylation sites (tertiary alicyclic amines) is 1. The minimum Gasteiger partial charge on any atom is -0.492 e. The van der Waals surface area contributed by atoms with E-state index in [9.17, 15) is 14.4 Å². The summed E-state index contributed by atoms with van der Waals surface area (Å²) in [6, 6.07) is 5.41. The molecule has 162 valence electrons. The van der Waals surface area contributed by atoms with Crippen LogP contribution in [0.1, 0.15) is 61.9 Å². The van der Waals surface area contributed by atoms with Gasteiger partial charge in [-0.3, -0.25) is 24.6 Å². The van der Waals surface area contributed by atoms with Crippen molar-refractivity contribution in [2.75, 3.05) is 19.7 Å². The van der Waals surface area contributed by atoms with Gasteiger partial charge in [0.1, 0.15) is 18.4 Å². The second-order valence-electron chi connectivity index (χ2n) is 9.07. The number of nitrogens with one attached hydrogen (secondary N) is 1. The van der Waals surface area contributed by atoms with Crippen molar-refractivity contribution in [1.29, 1.82) is 0 Å². The van der Waals surface area contributed by atoms with E-state index in [0.29, 0.717) is 37.1 Å². The quantitative estimate of drug-likeness (QED) is 0.724. The number of carbonyl (C=O) groups excluding carboxylic acids is 3. The van der Waals surface area contributed by atoms with Gasteiger partial charge in [-0.25, -0.2) is 0 Å². The van der Waals surface area contributed by atoms with Crippen LogP contribution in [-0.2, 0) is 16.1 Å². The first kappa shape index (κ1) is 20.8. The molecule has 7 heteroatoms. The first-order valence-electron chi connectivity index (χ1n) is 11.1. The molecule has 2 atom stereocenters. The Morgan fingerprint density at radius 2 is 2.00 bits per heavy atom. The van der Waals surface area contributed by atoms with Crippen LogP contribution < -0.4 is 10.1 Å². The lowest BCUT2D eigenvalue weighted by Gasteiger charge is -2.36. The molecule has 2 saturated heterocycles. The molecule has 3 heterocycles. The van der Waals surface area contributed by atoms with Gasteiger partial charge in [0.2, 0.25) is 11.8 Å². The number of imide groups is 1. The third-order valence-corrected chi connectivity index (χ3v) is 6.29. The van der Waals surface area contributed by atoms with Gasteiger partial charge in [0.15, 0.2) is 0 Å².